The van der Waals surface area contributed by atoms with Crippen molar-refractivity contribution in [3.63, 3.8) is 0 Å². The smallest absolute Gasteiger partial charge is 0.352 e. The molecule has 0 unspecified atom stereocenters. The second kappa shape index (κ2) is 7.34. The molecule has 0 bridgehead atoms. The Labute approximate surface area is 126 Å². The summed E-state index contributed by atoms with van der Waals surface area (Å²) < 4.78 is 18.4. The summed E-state index contributed by atoms with van der Waals surface area (Å²) >= 11 is 0. The number of hydrogen-bond donors (Lipinski definition) is 1. The molecule has 0 saturated carbocycles. The van der Waals surface area contributed by atoms with E-state index >= 15 is 0 Å². The molecule has 0 aliphatic rings. The molecule has 1 N–H and O–H groups in total. The van der Waals surface area contributed by atoms with E-state index in [4.69, 9.17) is 10.1 Å². The van der Waals surface area contributed by atoms with Gasteiger partial charge in [0.05, 0.1) is 0 Å². The Morgan fingerprint density at radius 2 is 2.05 bits per heavy atom. The average molecular weight is 293 g/mol. The second-order valence-corrected chi connectivity index (χ2v) is 6.19. The maximum absolute atomic E-state index is 13.1. The van der Waals surface area contributed by atoms with Gasteiger partial charge in [-0.15, -0.1) is 0 Å². The van der Waals surface area contributed by atoms with Gasteiger partial charge in [0, 0.05) is 5.92 Å². The molecule has 0 aliphatic heterocycles. The van der Waals surface area contributed by atoms with E-state index in [9.17, 15) is 9.18 Å². The highest BCUT2D eigenvalue weighted by atomic mass is 19.1. The van der Waals surface area contributed by atoms with E-state index in [1.807, 2.05) is 13.0 Å². The number of hydrogen-bond acceptors (Lipinski definition) is 3. The maximum Gasteiger partial charge on any atom is 0.352 e. The number of ether oxygens (including phenoxy) is 1. The molecule has 0 aromatic heterocycles. The van der Waals surface area contributed by atoms with Crippen molar-refractivity contribution in [3.05, 3.63) is 35.6 Å². The van der Waals surface area contributed by atoms with Crippen LogP contribution >= 0.6 is 0 Å². The van der Waals surface area contributed by atoms with Crippen LogP contribution in [0, 0.1) is 17.1 Å². The number of carbonyl (C=O) groups excluding carboxylic acids is 1. The zero-order chi connectivity index (χ0) is 16.0. The van der Waals surface area contributed by atoms with Crippen LogP contribution in [0.4, 0.5) is 4.39 Å². The van der Waals surface area contributed by atoms with Gasteiger partial charge in [-0.2, -0.15) is 0 Å². The summed E-state index contributed by atoms with van der Waals surface area (Å²) in [5, 5.41) is 7.99. The topological polar surface area (TPSA) is 50.2 Å². The number of esters is 1. The van der Waals surface area contributed by atoms with Crippen molar-refractivity contribution in [1.29, 1.82) is 5.41 Å². The molecule has 116 valence electrons. The lowest BCUT2D eigenvalue weighted by molar-refractivity contribution is -0.146. The molecule has 0 radical (unpaired) electrons. The van der Waals surface area contributed by atoms with Crippen LogP contribution in [0.3, 0.4) is 0 Å². The maximum atomic E-state index is 13.1. The van der Waals surface area contributed by atoms with Crippen LogP contribution in [0.2, 0.25) is 0 Å². The zero-order valence-electron chi connectivity index (χ0n) is 13.2. The molecule has 0 aliphatic carbocycles. The van der Waals surface area contributed by atoms with Gasteiger partial charge in [0.25, 0.3) is 0 Å². The first-order valence-electron chi connectivity index (χ1n) is 7.29. The number of aryl methyl sites for hydroxylation is 1. The fourth-order valence-electron chi connectivity index (χ4n) is 2.09. The molecule has 1 atom stereocenters. The largest absolute Gasteiger partial charge is 0.455 e. The normalized spacial score (nSPS) is 12.8. The fourth-order valence-corrected chi connectivity index (χ4v) is 2.09. The average Bonchev–Trinajstić information content (AvgIpc) is 2.37. The van der Waals surface area contributed by atoms with Crippen molar-refractivity contribution in [1.82, 2.24) is 0 Å². The van der Waals surface area contributed by atoms with Crippen molar-refractivity contribution in [2.24, 2.45) is 5.92 Å². The van der Waals surface area contributed by atoms with Crippen LogP contribution in [0.15, 0.2) is 24.3 Å². The van der Waals surface area contributed by atoms with E-state index in [1.165, 1.54) is 12.1 Å². The third kappa shape index (κ3) is 6.06. The van der Waals surface area contributed by atoms with E-state index < -0.39 is 11.6 Å². The Hall–Kier alpha value is -1.71. The van der Waals surface area contributed by atoms with Crippen molar-refractivity contribution in [3.8, 4) is 0 Å². The first-order valence-corrected chi connectivity index (χ1v) is 7.29. The van der Waals surface area contributed by atoms with Gasteiger partial charge in [-0.1, -0.05) is 19.1 Å². The van der Waals surface area contributed by atoms with Gasteiger partial charge in [0.2, 0.25) is 0 Å². The van der Waals surface area contributed by atoms with Gasteiger partial charge >= 0.3 is 5.97 Å². The SMILES string of the molecule is CC[C@H](CCc1cccc(F)c1)C(=N)C(=O)OC(C)(C)C. The van der Waals surface area contributed by atoms with Gasteiger partial charge in [-0.05, 0) is 57.7 Å². The number of benzene rings is 1. The molecule has 0 amide bonds. The third-order valence-corrected chi connectivity index (χ3v) is 3.19. The summed E-state index contributed by atoms with van der Waals surface area (Å²) in [5.74, 6) is -0.987. The lowest BCUT2D eigenvalue weighted by Crippen LogP contribution is -2.32. The highest BCUT2D eigenvalue weighted by Crippen LogP contribution is 2.18. The molecule has 1 aromatic rings. The van der Waals surface area contributed by atoms with Crippen LogP contribution in [0.1, 0.15) is 46.1 Å². The minimum atomic E-state index is -0.593. The van der Waals surface area contributed by atoms with Gasteiger partial charge < -0.3 is 4.74 Å². The lowest BCUT2D eigenvalue weighted by Gasteiger charge is -2.22. The van der Waals surface area contributed by atoms with E-state index in [1.54, 1.807) is 26.8 Å². The van der Waals surface area contributed by atoms with Gasteiger partial charge in [-0.3, -0.25) is 5.41 Å². The van der Waals surface area contributed by atoms with Crippen molar-refractivity contribution in [2.45, 2.75) is 52.6 Å². The van der Waals surface area contributed by atoms with Crippen LogP contribution in [-0.4, -0.2) is 17.3 Å². The van der Waals surface area contributed by atoms with E-state index in [2.05, 4.69) is 0 Å². The highest BCUT2D eigenvalue weighted by Gasteiger charge is 2.25. The minimum absolute atomic E-state index is 0.00354. The van der Waals surface area contributed by atoms with Crippen LogP contribution < -0.4 is 0 Å². The molecule has 21 heavy (non-hydrogen) atoms. The van der Waals surface area contributed by atoms with Crippen LogP contribution in [0.25, 0.3) is 0 Å². The summed E-state index contributed by atoms with van der Waals surface area (Å²) in [5.41, 5.74) is 0.291. The Balaban J connectivity index is 2.62. The van der Waals surface area contributed by atoms with Crippen molar-refractivity contribution in [2.75, 3.05) is 0 Å². The fraction of sp³-hybridized carbons (Fsp3) is 0.529. The minimum Gasteiger partial charge on any atom is -0.455 e. The van der Waals surface area contributed by atoms with E-state index in [-0.39, 0.29) is 17.4 Å². The molecular weight excluding hydrogens is 269 g/mol. The molecule has 1 aromatic carbocycles. The lowest BCUT2D eigenvalue weighted by atomic mass is 9.92. The highest BCUT2D eigenvalue weighted by molar-refractivity contribution is 6.35. The molecular formula is C17H24FNO2. The molecule has 3 nitrogen and oxygen atoms in total. The summed E-state index contributed by atoms with van der Waals surface area (Å²) in [7, 11) is 0. The van der Waals surface area contributed by atoms with Crippen molar-refractivity contribution >= 4 is 11.7 Å². The molecule has 4 heteroatoms. The van der Waals surface area contributed by atoms with Crippen molar-refractivity contribution < 1.29 is 13.9 Å². The van der Waals surface area contributed by atoms with Gasteiger partial charge in [0.1, 0.15) is 17.1 Å². The van der Waals surface area contributed by atoms with Gasteiger partial charge in [-0.25, -0.2) is 9.18 Å². The molecule has 1 rings (SSSR count). The zero-order valence-corrected chi connectivity index (χ0v) is 13.2. The summed E-state index contributed by atoms with van der Waals surface area (Å²) in [4.78, 5) is 11.9. The van der Waals surface area contributed by atoms with Gasteiger partial charge in [0.15, 0.2) is 0 Å². The molecule has 0 spiro atoms. The predicted octanol–water partition coefficient (Wildman–Crippen LogP) is 4.15. The first-order chi connectivity index (χ1) is 9.73. The summed E-state index contributed by atoms with van der Waals surface area (Å²) in [6.07, 6.45) is 1.97. The number of halogens is 1. The Bertz CT molecular complexity index is 506. The standard InChI is InChI=1S/C17H24FNO2/c1-5-13(15(19)16(20)21-17(2,3)4)10-9-12-7-6-8-14(18)11-12/h6-8,11,13,19H,5,9-10H2,1-4H3/t13-/m1/s1. The summed E-state index contributed by atoms with van der Waals surface area (Å²) in [6, 6.07) is 6.42. The monoisotopic (exact) mass is 293 g/mol. The summed E-state index contributed by atoms with van der Waals surface area (Å²) in [6.45, 7) is 7.29. The Kier molecular flexibility index (Phi) is 6.06. The van der Waals surface area contributed by atoms with E-state index in [0.717, 1.165) is 5.56 Å². The third-order valence-electron chi connectivity index (χ3n) is 3.19. The second-order valence-electron chi connectivity index (χ2n) is 6.19. The molecule has 0 heterocycles. The van der Waals surface area contributed by atoms with Crippen LogP contribution in [0.5, 0.6) is 0 Å². The Morgan fingerprint density at radius 3 is 2.57 bits per heavy atom. The van der Waals surface area contributed by atoms with Crippen LogP contribution in [-0.2, 0) is 16.0 Å². The molecule has 0 saturated heterocycles. The molecule has 0 fully saturated rings. The van der Waals surface area contributed by atoms with E-state index in [0.29, 0.717) is 19.3 Å². The first kappa shape index (κ1) is 17.3. The predicted molar refractivity (Wildman–Crippen MR) is 82.1 cm³/mol. The number of rotatable bonds is 6. The quantitative estimate of drug-likeness (QED) is 0.633. The Morgan fingerprint density at radius 1 is 1.38 bits per heavy atom. The number of carbonyl (C=O) groups is 1. The number of nitrogens with one attached hydrogen (secondary N) is 1.